The summed E-state index contributed by atoms with van der Waals surface area (Å²) < 4.78 is 0. The van der Waals surface area contributed by atoms with Gasteiger partial charge in [-0.15, -0.1) is 0 Å². The van der Waals surface area contributed by atoms with Crippen molar-refractivity contribution in [2.75, 3.05) is 0 Å². The van der Waals surface area contributed by atoms with Gasteiger partial charge in [0.25, 0.3) is 0 Å². The van der Waals surface area contributed by atoms with Gasteiger partial charge < -0.3 is 5.32 Å². The normalized spacial score (nSPS) is 19.9. The molecule has 1 N–H and O–H groups in total. The fourth-order valence-corrected chi connectivity index (χ4v) is 2.48. The van der Waals surface area contributed by atoms with Crippen molar-refractivity contribution >= 4 is 11.6 Å². The third-order valence-corrected chi connectivity index (χ3v) is 3.87. The highest BCUT2D eigenvalue weighted by Crippen LogP contribution is 2.34. The van der Waals surface area contributed by atoms with Crippen molar-refractivity contribution in [2.24, 2.45) is 0 Å². The molecule has 0 bridgehead atoms. The molecule has 1 aromatic carbocycles. The molecule has 0 aliphatic heterocycles. The Balaban J connectivity index is 2.20. The molecule has 0 heterocycles. The maximum atomic E-state index is 6.07. The smallest absolute Gasteiger partial charge is 0.0409 e. The third kappa shape index (κ3) is 2.41. The summed E-state index contributed by atoms with van der Waals surface area (Å²) in [5.74, 6) is 0. The van der Waals surface area contributed by atoms with Crippen LogP contribution in [0.15, 0.2) is 18.2 Å². The fourth-order valence-electron chi connectivity index (χ4n) is 2.30. The molecule has 2 rings (SSSR count). The largest absolute Gasteiger partial charge is 0.305 e. The van der Waals surface area contributed by atoms with Crippen molar-refractivity contribution in [1.29, 1.82) is 0 Å². The van der Waals surface area contributed by atoms with Crippen LogP contribution in [-0.4, -0.2) is 5.54 Å². The Morgan fingerprint density at radius 3 is 2.88 bits per heavy atom. The Bertz CT molecular complexity index is 384. The van der Waals surface area contributed by atoms with Crippen molar-refractivity contribution in [3.8, 4) is 0 Å². The van der Waals surface area contributed by atoms with Crippen molar-refractivity contribution in [3.63, 3.8) is 0 Å². The minimum atomic E-state index is 0.203. The molecule has 0 saturated heterocycles. The number of rotatable bonds is 3. The van der Waals surface area contributed by atoms with Crippen LogP contribution in [0.2, 0.25) is 5.02 Å². The van der Waals surface area contributed by atoms with E-state index in [1.165, 1.54) is 24.0 Å². The minimum Gasteiger partial charge on any atom is -0.305 e. The van der Waals surface area contributed by atoms with Crippen LogP contribution >= 0.6 is 11.6 Å². The van der Waals surface area contributed by atoms with E-state index in [-0.39, 0.29) is 5.54 Å². The van der Waals surface area contributed by atoms with Crippen molar-refractivity contribution in [2.45, 2.75) is 51.6 Å². The van der Waals surface area contributed by atoms with Gasteiger partial charge in [-0.05, 0) is 56.4 Å². The SMILES string of the molecule is CCC(C)(C)NC1CCc2ccc(Cl)cc21. The summed E-state index contributed by atoms with van der Waals surface area (Å²) in [6.45, 7) is 6.74. The first-order chi connectivity index (χ1) is 7.52. The Kier molecular flexibility index (Phi) is 3.27. The highest BCUT2D eigenvalue weighted by molar-refractivity contribution is 6.30. The van der Waals surface area contributed by atoms with E-state index in [0.29, 0.717) is 6.04 Å². The van der Waals surface area contributed by atoms with Gasteiger partial charge in [-0.1, -0.05) is 24.6 Å². The van der Waals surface area contributed by atoms with Crippen LogP contribution in [0.3, 0.4) is 0 Å². The van der Waals surface area contributed by atoms with Gasteiger partial charge in [0.1, 0.15) is 0 Å². The van der Waals surface area contributed by atoms with Crippen molar-refractivity contribution in [3.05, 3.63) is 34.3 Å². The molecule has 1 aliphatic carbocycles. The van der Waals surface area contributed by atoms with Crippen LogP contribution in [0.4, 0.5) is 0 Å². The van der Waals surface area contributed by atoms with Crippen molar-refractivity contribution < 1.29 is 0 Å². The molecule has 1 unspecified atom stereocenters. The molecular weight excluding hydrogens is 218 g/mol. The monoisotopic (exact) mass is 237 g/mol. The van der Waals surface area contributed by atoms with E-state index >= 15 is 0 Å². The lowest BCUT2D eigenvalue weighted by Gasteiger charge is -2.29. The summed E-state index contributed by atoms with van der Waals surface area (Å²) in [6.07, 6.45) is 3.50. The summed E-state index contributed by atoms with van der Waals surface area (Å²) in [5, 5.41) is 4.58. The van der Waals surface area contributed by atoms with Crippen LogP contribution in [0.1, 0.15) is 50.8 Å². The zero-order valence-corrected chi connectivity index (χ0v) is 11.1. The summed E-state index contributed by atoms with van der Waals surface area (Å²) in [4.78, 5) is 0. The second kappa shape index (κ2) is 4.38. The van der Waals surface area contributed by atoms with E-state index in [2.05, 4.69) is 38.2 Å². The number of aryl methyl sites for hydroxylation is 1. The molecule has 2 heteroatoms. The molecule has 16 heavy (non-hydrogen) atoms. The number of hydrogen-bond acceptors (Lipinski definition) is 1. The maximum absolute atomic E-state index is 6.07. The standard InChI is InChI=1S/C14H20ClN/c1-4-14(2,3)16-13-8-6-10-5-7-11(15)9-12(10)13/h5,7,9,13,16H,4,6,8H2,1-3H3. The first-order valence-corrected chi connectivity index (χ1v) is 6.45. The van der Waals surface area contributed by atoms with Gasteiger partial charge in [-0.2, -0.15) is 0 Å². The van der Waals surface area contributed by atoms with Crippen LogP contribution in [0, 0.1) is 0 Å². The predicted octanol–water partition coefficient (Wildman–Crippen LogP) is 4.11. The molecule has 0 amide bonds. The van der Waals surface area contributed by atoms with Gasteiger partial charge >= 0.3 is 0 Å². The molecule has 0 radical (unpaired) electrons. The van der Waals surface area contributed by atoms with Crippen LogP contribution in [-0.2, 0) is 6.42 Å². The summed E-state index contributed by atoms with van der Waals surface area (Å²) >= 11 is 6.07. The zero-order chi connectivity index (χ0) is 11.8. The van der Waals surface area contributed by atoms with Gasteiger partial charge in [0.15, 0.2) is 0 Å². The Hall–Kier alpha value is -0.530. The van der Waals surface area contributed by atoms with E-state index in [4.69, 9.17) is 11.6 Å². The molecule has 0 aromatic heterocycles. The third-order valence-electron chi connectivity index (χ3n) is 3.63. The molecule has 1 aromatic rings. The van der Waals surface area contributed by atoms with Crippen LogP contribution < -0.4 is 5.32 Å². The molecular formula is C14H20ClN. The fraction of sp³-hybridized carbons (Fsp3) is 0.571. The lowest BCUT2D eigenvalue weighted by Crippen LogP contribution is -2.40. The minimum absolute atomic E-state index is 0.203. The number of fused-ring (bicyclic) bond motifs is 1. The van der Waals surface area contributed by atoms with Crippen LogP contribution in [0.5, 0.6) is 0 Å². The van der Waals surface area contributed by atoms with Gasteiger partial charge in [0.2, 0.25) is 0 Å². The molecule has 1 aliphatic rings. The lowest BCUT2D eigenvalue weighted by atomic mass is 9.98. The van der Waals surface area contributed by atoms with E-state index < -0.39 is 0 Å². The first kappa shape index (κ1) is 11.9. The average molecular weight is 238 g/mol. The molecule has 1 nitrogen and oxygen atoms in total. The zero-order valence-electron chi connectivity index (χ0n) is 10.3. The van der Waals surface area contributed by atoms with Gasteiger partial charge in [0.05, 0.1) is 0 Å². The number of hydrogen-bond donors (Lipinski definition) is 1. The summed E-state index contributed by atoms with van der Waals surface area (Å²) in [6, 6.07) is 6.75. The van der Waals surface area contributed by atoms with E-state index in [0.717, 1.165) is 11.4 Å². The molecule has 0 saturated carbocycles. The van der Waals surface area contributed by atoms with Crippen LogP contribution in [0.25, 0.3) is 0 Å². The number of benzene rings is 1. The highest BCUT2D eigenvalue weighted by atomic mass is 35.5. The predicted molar refractivity (Wildman–Crippen MR) is 70.0 cm³/mol. The van der Waals surface area contributed by atoms with E-state index in [1.807, 2.05) is 6.07 Å². The summed E-state index contributed by atoms with van der Waals surface area (Å²) in [5.41, 5.74) is 3.05. The molecule has 0 fully saturated rings. The quantitative estimate of drug-likeness (QED) is 0.835. The van der Waals surface area contributed by atoms with E-state index in [9.17, 15) is 0 Å². The Labute approximate surface area is 103 Å². The van der Waals surface area contributed by atoms with Gasteiger partial charge in [-0.3, -0.25) is 0 Å². The lowest BCUT2D eigenvalue weighted by molar-refractivity contribution is 0.325. The number of nitrogens with one attached hydrogen (secondary N) is 1. The molecule has 0 spiro atoms. The highest BCUT2D eigenvalue weighted by Gasteiger charge is 2.27. The maximum Gasteiger partial charge on any atom is 0.0409 e. The number of halogens is 1. The van der Waals surface area contributed by atoms with Gasteiger partial charge in [0, 0.05) is 16.6 Å². The molecule has 88 valence electrons. The van der Waals surface area contributed by atoms with Gasteiger partial charge in [-0.25, -0.2) is 0 Å². The second-order valence-corrected chi connectivity index (χ2v) is 5.75. The van der Waals surface area contributed by atoms with Crippen molar-refractivity contribution in [1.82, 2.24) is 5.32 Å². The van der Waals surface area contributed by atoms with E-state index in [1.54, 1.807) is 0 Å². The first-order valence-electron chi connectivity index (χ1n) is 6.08. The molecule has 1 atom stereocenters. The average Bonchev–Trinajstić information content (AvgIpc) is 2.61. The summed E-state index contributed by atoms with van der Waals surface area (Å²) in [7, 11) is 0. The topological polar surface area (TPSA) is 12.0 Å². The Morgan fingerprint density at radius 1 is 1.44 bits per heavy atom. The Morgan fingerprint density at radius 2 is 2.19 bits per heavy atom. The second-order valence-electron chi connectivity index (χ2n) is 5.32.